The van der Waals surface area contributed by atoms with Gasteiger partial charge in [-0.3, -0.25) is 4.79 Å². The zero-order valence-corrected chi connectivity index (χ0v) is 8.21. The Morgan fingerprint density at radius 3 is 3.06 bits per heavy atom. The standard InChI is InChI=1S/C9H9N5O2/c15-5-6-2-1-3-7(4-6)10-9(16)8-11-13-14-12-8/h1-4,15H,5H2,(H,10,16)(H,11,12,13,14). The van der Waals surface area contributed by atoms with E-state index in [4.69, 9.17) is 5.11 Å². The third-order valence-corrected chi connectivity index (χ3v) is 1.92. The number of hydrogen-bond donors (Lipinski definition) is 3. The summed E-state index contributed by atoms with van der Waals surface area (Å²) in [6, 6.07) is 6.86. The van der Waals surface area contributed by atoms with E-state index >= 15 is 0 Å². The lowest BCUT2D eigenvalue weighted by Gasteiger charge is -2.03. The minimum atomic E-state index is -0.455. The number of aliphatic hydroxyl groups excluding tert-OH is 1. The van der Waals surface area contributed by atoms with Crippen LogP contribution in [0, 0.1) is 0 Å². The first-order valence-electron chi connectivity index (χ1n) is 4.54. The van der Waals surface area contributed by atoms with Gasteiger partial charge in [-0.15, -0.1) is 10.2 Å². The largest absolute Gasteiger partial charge is 0.392 e. The number of aromatic nitrogens is 4. The normalized spacial score (nSPS) is 10.1. The molecule has 0 aliphatic carbocycles. The molecule has 0 fully saturated rings. The maximum Gasteiger partial charge on any atom is 0.297 e. The topological polar surface area (TPSA) is 104 Å². The summed E-state index contributed by atoms with van der Waals surface area (Å²) in [5.41, 5.74) is 1.28. The number of amides is 1. The van der Waals surface area contributed by atoms with Crippen molar-refractivity contribution in [3.05, 3.63) is 35.7 Å². The molecule has 16 heavy (non-hydrogen) atoms. The van der Waals surface area contributed by atoms with E-state index in [1.165, 1.54) is 0 Å². The summed E-state index contributed by atoms with van der Waals surface area (Å²) >= 11 is 0. The lowest BCUT2D eigenvalue weighted by Crippen LogP contribution is -2.13. The van der Waals surface area contributed by atoms with Crippen LogP contribution in [0.4, 0.5) is 5.69 Å². The van der Waals surface area contributed by atoms with E-state index in [0.29, 0.717) is 11.3 Å². The van der Waals surface area contributed by atoms with Gasteiger partial charge in [0.25, 0.3) is 11.7 Å². The molecule has 1 amide bonds. The average molecular weight is 219 g/mol. The number of carbonyl (C=O) groups excluding carboxylic acids is 1. The van der Waals surface area contributed by atoms with Crippen molar-refractivity contribution < 1.29 is 9.90 Å². The Labute approximate surface area is 90.5 Å². The number of anilines is 1. The number of nitrogens with one attached hydrogen (secondary N) is 2. The number of aliphatic hydroxyl groups is 1. The summed E-state index contributed by atoms with van der Waals surface area (Å²) in [5, 5.41) is 24.1. The van der Waals surface area contributed by atoms with E-state index in [1.807, 2.05) is 0 Å². The minimum absolute atomic E-state index is 0.0330. The van der Waals surface area contributed by atoms with Crippen molar-refractivity contribution in [3.63, 3.8) is 0 Å². The maximum absolute atomic E-state index is 11.5. The second kappa shape index (κ2) is 4.49. The van der Waals surface area contributed by atoms with Crippen LogP contribution < -0.4 is 5.32 Å². The van der Waals surface area contributed by atoms with Crippen molar-refractivity contribution in [3.8, 4) is 0 Å². The van der Waals surface area contributed by atoms with Gasteiger partial charge in [-0.25, -0.2) is 0 Å². The molecular weight excluding hydrogens is 210 g/mol. The molecule has 82 valence electrons. The molecule has 0 saturated heterocycles. The predicted octanol–water partition coefficient (Wildman–Crippen LogP) is -0.0557. The van der Waals surface area contributed by atoms with Crippen LogP contribution in [0.5, 0.6) is 0 Å². The predicted molar refractivity (Wildman–Crippen MR) is 54.5 cm³/mol. The van der Waals surface area contributed by atoms with E-state index < -0.39 is 5.91 Å². The molecule has 0 saturated carbocycles. The summed E-state index contributed by atoms with van der Waals surface area (Å²) in [6.07, 6.45) is 0. The maximum atomic E-state index is 11.5. The summed E-state index contributed by atoms with van der Waals surface area (Å²) in [4.78, 5) is 11.5. The highest BCUT2D eigenvalue weighted by Gasteiger charge is 2.10. The van der Waals surface area contributed by atoms with Crippen molar-refractivity contribution >= 4 is 11.6 Å². The Bertz CT molecular complexity index is 482. The molecule has 0 unspecified atom stereocenters. The zero-order valence-electron chi connectivity index (χ0n) is 8.21. The molecule has 0 bridgehead atoms. The lowest BCUT2D eigenvalue weighted by molar-refractivity contribution is 0.101. The Balaban J connectivity index is 2.12. The molecule has 2 rings (SSSR count). The van der Waals surface area contributed by atoms with Crippen LogP contribution in [0.2, 0.25) is 0 Å². The Morgan fingerprint density at radius 2 is 2.38 bits per heavy atom. The minimum Gasteiger partial charge on any atom is -0.392 e. The summed E-state index contributed by atoms with van der Waals surface area (Å²) in [7, 11) is 0. The molecule has 0 atom stereocenters. The quantitative estimate of drug-likeness (QED) is 0.671. The molecule has 0 aliphatic rings. The smallest absolute Gasteiger partial charge is 0.297 e. The van der Waals surface area contributed by atoms with Crippen molar-refractivity contribution in [1.29, 1.82) is 0 Å². The van der Waals surface area contributed by atoms with Gasteiger partial charge in [0.15, 0.2) is 0 Å². The van der Waals surface area contributed by atoms with Crippen molar-refractivity contribution in [2.75, 3.05) is 5.32 Å². The van der Waals surface area contributed by atoms with E-state index in [-0.39, 0.29) is 12.4 Å². The number of aromatic amines is 1. The van der Waals surface area contributed by atoms with E-state index in [1.54, 1.807) is 24.3 Å². The summed E-state index contributed by atoms with van der Waals surface area (Å²) in [5.74, 6) is -0.488. The first kappa shape index (κ1) is 10.2. The number of nitrogens with zero attached hydrogens (tertiary/aromatic N) is 3. The molecule has 1 aromatic carbocycles. The van der Waals surface area contributed by atoms with Crippen LogP contribution in [-0.4, -0.2) is 31.6 Å². The highest BCUT2D eigenvalue weighted by Crippen LogP contribution is 2.10. The molecule has 1 heterocycles. The second-order valence-electron chi connectivity index (χ2n) is 3.05. The van der Waals surface area contributed by atoms with E-state index in [0.717, 1.165) is 0 Å². The second-order valence-corrected chi connectivity index (χ2v) is 3.05. The zero-order chi connectivity index (χ0) is 11.4. The van der Waals surface area contributed by atoms with Crippen LogP contribution >= 0.6 is 0 Å². The molecule has 7 heteroatoms. The van der Waals surface area contributed by atoms with Gasteiger partial charge in [-0.2, -0.15) is 5.21 Å². The molecule has 2 aromatic rings. The van der Waals surface area contributed by atoms with Gasteiger partial charge in [0.1, 0.15) is 0 Å². The van der Waals surface area contributed by atoms with Crippen molar-refractivity contribution in [2.45, 2.75) is 6.61 Å². The van der Waals surface area contributed by atoms with E-state index in [2.05, 4.69) is 25.9 Å². The molecule has 0 aliphatic heterocycles. The fourth-order valence-electron chi connectivity index (χ4n) is 1.19. The van der Waals surface area contributed by atoms with Gasteiger partial charge in [0, 0.05) is 5.69 Å². The number of H-pyrrole nitrogens is 1. The van der Waals surface area contributed by atoms with Crippen LogP contribution in [-0.2, 0) is 6.61 Å². The highest BCUT2D eigenvalue weighted by molar-refractivity contribution is 6.01. The third-order valence-electron chi connectivity index (χ3n) is 1.92. The molecular formula is C9H9N5O2. The van der Waals surface area contributed by atoms with Gasteiger partial charge in [0.05, 0.1) is 6.61 Å². The summed E-state index contributed by atoms with van der Waals surface area (Å²) < 4.78 is 0. The van der Waals surface area contributed by atoms with Crippen LogP contribution in [0.3, 0.4) is 0 Å². The molecule has 3 N–H and O–H groups in total. The number of benzene rings is 1. The average Bonchev–Trinajstić information content (AvgIpc) is 2.83. The Kier molecular flexibility index (Phi) is 2.88. The number of hydrogen-bond acceptors (Lipinski definition) is 5. The number of carbonyl (C=O) groups is 1. The molecule has 1 aromatic heterocycles. The Hall–Kier alpha value is -2.28. The van der Waals surface area contributed by atoms with Gasteiger partial charge in [-0.1, -0.05) is 12.1 Å². The van der Waals surface area contributed by atoms with Gasteiger partial charge >= 0.3 is 0 Å². The van der Waals surface area contributed by atoms with Crippen molar-refractivity contribution in [1.82, 2.24) is 20.6 Å². The summed E-state index contributed by atoms with van der Waals surface area (Å²) in [6.45, 7) is -0.0775. The van der Waals surface area contributed by atoms with Gasteiger partial charge in [-0.05, 0) is 22.9 Å². The lowest BCUT2D eigenvalue weighted by atomic mass is 10.2. The first-order valence-corrected chi connectivity index (χ1v) is 4.54. The highest BCUT2D eigenvalue weighted by atomic mass is 16.3. The van der Waals surface area contributed by atoms with E-state index in [9.17, 15) is 4.79 Å². The Morgan fingerprint density at radius 1 is 1.50 bits per heavy atom. The molecule has 0 radical (unpaired) electrons. The molecule has 0 spiro atoms. The number of rotatable bonds is 3. The fourth-order valence-corrected chi connectivity index (χ4v) is 1.19. The van der Waals surface area contributed by atoms with Crippen molar-refractivity contribution in [2.24, 2.45) is 0 Å². The molecule has 7 nitrogen and oxygen atoms in total. The van der Waals surface area contributed by atoms with Crippen LogP contribution in [0.15, 0.2) is 24.3 Å². The van der Waals surface area contributed by atoms with Gasteiger partial charge < -0.3 is 10.4 Å². The fraction of sp³-hybridized carbons (Fsp3) is 0.111. The van der Waals surface area contributed by atoms with Gasteiger partial charge in [0.2, 0.25) is 0 Å². The monoisotopic (exact) mass is 219 g/mol. The van der Waals surface area contributed by atoms with Crippen LogP contribution in [0.1, 0.15) is 16.2 Å². The van der Waals surface area contributed by atoms with Crippen LogP contribution in [0.25, 0.3) is 0 Å². The first-order chi connectivity index (χ1) is 7.79. The third kappa shape index (κ3) is 2.20. The number of tetrazole rings is 1. The SMILES string of the molecule is O=C(Nc1cccc(CO)c1)c1nn[nH]n1.